The Bertz CT molecular complexity index is 612. The molecule has 103 valence electrons. The maximum atomic E-state index is 11.8. The van der Waals surface area contributed by atoms with E-state index in [2.05, 4.69) is 15.5 Å². The van der Waals surface area contributed by atoms with E-state index in [-0.39, 0.29) is 44.3 Å². The van der Waals surface area contributed by atoms with Crippen LogP contribution in [-0.2, 0) is 43.9 Å². The minimum Gasteiger partial charge on any atom is -0.410 e. The molecular formula is C13H15N3O2SY. The summed E-state index contributed by atoms with van der Waals surface area (Å²) < 4.78 is 0. The van der Waals surface area contributed by atoms with Crippen molar-refractivity contribution in [2.24, 2.45) is 5.16 Å². The number of rotatable bonds is 5. The summed E-state index contributed by atoms with van der Waals surface area (Å²) in [6.45, 7) is 0. The first-order valence-electron chi connectivity index (χ1n) is 5.79. The monoisotopic (exact) mass is 366 g/mol. The summed E-state index contributed by atoms with van der Waals surface area (Å²) in [7, 11) is 0. The molecule has 0 atom stereocenters. The normalized spacial score (nSPS) is 11.2. The van der Waals surface area contributed by atoms with Crippen LogP contribution in [0.4, 0.5) is 0 Å². The van der Waals surface area contributed by atoms with Gasteiger partial charge in [0.15, 0.2) is 0 Å². The van der Waals surface area contributed by atoms with Gasteiger partial charge in [0, 0.05) is 56.2 Å². The fourth-order valence-corrected chi connectivity index (χ4v) is 2.13. The van der Waals surface area contributed by atoms with Gasteiger partial charge in [-0.15, -0.1) is 11.8 Å². The Morgan fingerprint density at radius 2 is 2.20 bits per heavy atom. The number of fused-ring (bicyclic) bond motifs is 1. The molecule has 0 saturated heterocycles. The number of amides is 1. The van der Waals surface area contributed by atoms with Gasteiger partial charge >= 0.3 is 0 Å². The molecule has 1 amide bonds. The van der Waals surface area contributed by atoms with Crippen LogP contribution >= 0.6 is 11.8 Å². The van der Waals surface area contributed by atoms with E-state index in [1.54, 1.807) is 0 Å². The molecule has 0 aliphatic heterocycles. The number of hydrogen-bond donors (Lipinski definition) is 3. The largest absolute Gasteiger partial charge is 0.410 e. The molecule has 1 radical (unpaired) electrons. The number of nitrogens with zero attached hydrogens (tertiary/aromatic N) is 1. The maximum Gasteiger partial charge on any atom is 0.270 e. The van der Waals surface area contributed by atoms with Crippen molar-refractivity contribution in [3.63, 3.8) is 0 Å². The molecule has 1 heterocycles. The van der Waals surface area contributed by atoms with Crippen molar-refractivity contribution in [1.82, 2.24) is 10.3 Å². The molecule has 0 bridgehead atoms. The van der Waals surface area contributed by atoms with Gasteiger partial charge in [-0.3, -0.25) is 4.79 Å². The molecular weight excluding hydrogens is 351 g/mol. The van der Waals surface area contributed by atoms with Gasteiger partial charge in [0.2, 0.25) is 0 Å². The van der Waals surface area contributed by atoms with Crippen molar-refractivity contribution in [3.05, 3.63) is 36.0 Å². The van der Waals surface area contributed by atoms with Crippen LogP contribution in [0.25, 0.3) is 10.9 Å². The molecule has 0 aliphatic carbocycles. The van der Waals surface area contributed by atoms with Crippen molar-refractivity contribution >= 4 is 34.3 Å². The van der Waals surface area contributed by atoms with Gasteiger partial charge in [-0.25, -0.2) is 0 Å². The van der Waals surface area contributed by atoms with Crippen molar-refractivity contribution in [3.8, 4) is 0 Å². The van der Waals surface area contributed by atoms with Gasteiger partial charge in [-0.2, -0.15) is 0 Å². The summed E-state index contributed by atoms with van der Waals surface area (Å²) in [5, 5.41) is 15.8. The van der Waals surface area contributed by atoms with E-state index in [1.807, 2.05) is 36.7 Å². The Hall–Kier alpha value is -0.846. The summed E-state index contributed by atoms with van der Waals surface area (Å²) in [5.41, 5.74) is 2.04. The maximum absolute atomic E-state index is 11.8. The van der Waals surface area contributed by atoms with E-state index in [4.69, 9.17) is 5.21 Å². The Labute approximate surface area is 146 Å². The molecule has 3 N–H and O–H groups in total. The van der Waals surface area contributed by atoms with E-state index in [1.165, 1.54) is 11.8 Å². The summed E-state index contributed by atoms with van der Waals surface area (Å²) in [6.07, 6.45) is 4.01. The predicted molar refractivity (Wildman–Crippen MR) is 77.7 cm³/mol. The Kier molecular flexibility index (Phi) is 7.26. The molecule has 2 rings (SSSR count). The average molecular weight is 366 g/mol. The minimum atomic E-state index is -0.345. The second-order valence-corrected chi connectivity index (χ2v) is 4.89. The predicted octanol–water partition coefficient (Wildman–Crippen LogP) is 1.97. The van der Waals surface area contributed by atoms with E-state index in [0.29, 0.717) is 12.3 Å². The molecule has 0 fully saturated rings. The van der Waals surface area contributed by atoms with E-state index in [9.17, 15) is 4.79 Å². The number of nitrogens with one attached hydrogen (secondary N) is 2. The van der Waals surface area contributed by atoms with Crippen LogP contribution in [0, 0.1) is 0 Å². The number of carbonyl (C=O) groups is 1. The van der Waals surface area contributed by atoms with Crippen LogP contribution in [0.2, 0.25) is 0 Å². The number of H-pyrrole nitrogens is 1. The molecule has 0 spiro atoms. The number of carbonyl (C=O) groups excluding carboxylic acids is 1. The fraction of sp³-hybridized carbons (Fsp3) is 0.231. The van der Waals surface area contributed by atoms with Crippen molar-refractivity contribution in [1.29, 1.82) is 0 Å². The molecule has 2 aromatic rings. The summed E-state index contributed by atoms with van der Waals surface area (Å²) >= 11 is 1.49. The van der Waals surface area contributed by atoms with Gasteiger partial charge in [-0.05, 0) is 17.9 Å². The molecule has 7 heteroatoms. The van der Waals surface area contributed by atoms with Crippen LogP contribution in [0.1, 0.15) is 5.56 Å². The minimum absolute atomic E-state index is 0. The molecule has 5 nitrogen and oxygen atoms in total. The zero-order valence-corrected chi connectivity index (χ0v) is 14.7. The Morgan fingerprint density at radius 1 is 1.45 bits per heavy atom. The van der Waals surface area contributed by atoms with Gasteiger partial charge in [0.05, 0.1) is 5.88 Å². The third-order valence-corrected chi connectivity index (χ3v) is 3.23. The van der Waals surface area contributed by atoms with Crippen molar-refractivity contribution in [2.75, 3.05) is 12.1 Å². The van der Waals surface area contributed by atoms with Crippen molar-refractivity contribution < 1.29 is 42.7 Å². The number of aromatic nitrogens is 1. The fourth-order valence-electron chi connectivity index (χ4n) is 1.86. The Balaban J connectivity index is 0.00000200. The second-order valence-electron chi connectivity index (χ2n) is 4.02. The molecule has 1 aromatic carbocycles. The summed E-state index contributed by atoms with van der Waals surface area (Å²) in [5.74, 6) is 0.147. The van der Waals surface area contributed by atoms with E-state index < -0.39 is 0 Å². The smallest absolute Gasteiger partial charge is 0.270 e. The van der Waals surface area contributed by atoms with Crippen molar-refractivity contribution in [2.45, 2.75) is 6.42 Å². The number of oxime groups is 1. The van der Waals surface area contributed by atoms with Gasteiger partial charge in [0.1, 0.15) is 5.71 Å². The van der Waals surface area contributed by atoms with Crippen LogP contribution in [0.15, 0.2) is 35.6 Å². The van der Waals surface area contributed by atoms with E-state index >= 15 is 0 Å². The molecule has 1 aromatic heterocycles. The quantitative estimate of drug-likeness (QED) is 0.328. The van der Waals surface area contributed by atoms with Gasteiger partial charge in [0.25, 0.3) is 5.91 Å². The zero-order valence-electron chi connectivity index (χ0n) is 11.1. The number of aromatic amines is 1. The number of hydrogen-bond acceptors (Lipinski definition) is 4. The number of para-hydroxylation sites is 1. The summed E-state index contributed by atoms with van der Waals surface area (Å²) in [6, 6.07) is 7.80. The Morgan fingerprint density at radius 3 is 2.90 bits per heavy atom. The molecule has 0 aliphatic rings. The van der Waals surface area contributed by atoms with Gasteiger partial charge in [-0.1, -0.05) is 23.4 Å². The zero-order chi connectivity index (χ0) is 13.7. The molecule has 0 saturated carbocycles. The number of thioether (sulfide) groups is 1. The van der Waals surface area contributed by atoms with Crippen LogP contribution in [-0.4, -0.2) is 33.9 Å². The second kappa shape index (κ2) is 8.44. The van der Waals surface area contributed by atoms with E-state index in [0.717, 1.165) is 16.5 Å². The average Bonchev–Trinajstić information content (AvgIpc) is 2.85. The van der Waals surface area contributed by atoms with Gasteiger partial charge < -0.3 is 15.5 Å². The molecule has 0 unspecified atom stereocenters. The number of benzene rings is 1. The molecule has 20 heavy (non-hydrogen) atoms. The SMILES string of the molecule is CSCNC(=O)/C(Cc1c[nH]c2ccccc12)=N/O.[Y]. The first-order chi connectivity index (χ1) is 9.26. The van der Waals surface area contributed by atoms with Crippen LogP contribution < -0.4 is 5.32 Å². The third kappa shape index (κ3) is 4.07. The van der Waals surface area contributed by atoms with Crippen LogP contribution in [0.3, 0.4) is 0 Å². The first kappa shape index (κ1) is 17.2. The van der Waals surface area contributed by atoms with Crippen LogP contribution in [0.5, 0.6) is 0 Å². The standard InChI is InChI=1S/C13H15N3O2S.Y/c1-19-8-15-13(17)12(16-18)6-9-7-14-11-5-3-2-4-10(9)11;/h2-5,7,14,18H,6,8H2,1H3,(H,15,17);/b16-12+;. The topological polar surface area (TPSA) is 77.5 Å². The summed E-state index contributed by atoms with van der Waals surface area (Å²) in [4.78, 5) is 14.9. The third-order valence-electron chi connectivity index (χ3n) is 2.79. The first-order valence-corrected chi connectivity index (χ1v) is 7.18.